The highest BCUT2D eigenvalue weighted by atomic mass is 16.3. The smallest absolute Gasteiger partial charge is 0.0504 e. The Hall–Kier alpha value is -1.22. The number of aliphatic hydroxyl groups excluding tert-OH is 1. The van der Waals surface area contributed by atoms with Gasteiger partial charge in [0.15, 0.2) is 0 Å². The fourth-order valence-corrected chi connectivity index (χ4v) is 1.68. The van der Waals surface area contributed by atoms with Crippen LogP contribution in [0, 0.1) is 12.3 Å². The molecule has 0 amide bonds. The second kappa shape index (κ2) is 3.74. The Balaban J connectivity index is 2.01. The summed E-state index contributed by atoms with van der Waals surface area (Å²) in [5.41, 5.74) is 8.91. The first kappa shape index (κ1) is 10.3. The number of benzene rings is 1. The number of rotatable bonds is 4. The Bertz CT molecular complexity index is 359. The minimum absolute atomic E-state index is 0.136. The van der Waals surface area contributed by atoms with Crippen molar-refractivity contribution in [2.45, 2.75) is 19.8 Å². The molecule has 15 heavy (non-hydrogen) atoms. The zero-order valence-electron chi connectivity index (χ0n) is 9.09. The van der Waals surface area contributed by atoms with Gasteiger partial charge in [-0.3, -0.25) is 0 Å². The summed E-state index contributed by atoms with van der Waals surface area (Å²) in [4.78, 5) is 0. The normalized spacial score (nSPS) is 17.5. The maximum Gasteiger partial charge on any atom is 0.0504 e. The van der Waals surface area contributed by atoms with E-state index in [9.17, 15) is 5.11 Å². The third-order valence-corrected chi connectivity index (χ3v) is 3.21. The van der Waals surface area contributed by atoms with E-state index in [1.54, 1.807) is 0 Å². The molecule has 1 aromatic rings. The van der Waals surface area contributed by atoms with Gasteiger partial charge in [-0.25, -0.2) is 0 Å². The van der Waals surface area contributed by atoms with Gasteiger partial charge in [-0.15, -0.1) is 0 Å². The molecule has 0 spiro atoms. The molecule has 0 heterocycles. The summed E-state index contributed by atoms with van der Waals surface area (Å²) < 4.78 is 0. The van der Waals surface area contributed by atoms with Crippen molar-refractivity contribution in [3.8, 4) is 0 Å². The van der Waals surface area contributed by atoms with Crippen molar-refractivity contribution in [3.63, 3.8) is 0 Å². The molecule has 3 heteroatoms. The maximum absolute atomic E-state index is 9.19. The first-order valence-electron chi connectivity index (χ1n) is 5.36. The van der Waals surface area contributed by atoms with Crippen molar-refractivity contribution in [1.82, 2.24) is 0 Å². The highest BCUT2D eigenvalue weighted by Gasteiger charge is 2.41. The summed E-state index contributed by atoms with van der Waals surface area (Å²) in [6.45, 7) is 3.18. The molecule has 0 aromatic heterocycles. The average molecular weight is 206 g/mol. The van der Waals surface area contributed by atoms with Crippen molar-refractivity contribution in [3.05, 3.63) is 23.8 Å². The number of hydrogen-bond donors (Lipinski definition) is 3. The fourth-order valence-electron chi connectivity index (χ4n) is 1.68. The minimum Gasteiger partial charge on any atom is -0.399 e. The standard InChI is InChI=1S/C12H18N2O/c1-9-2-3-10(13)6-11(9)14-7-12(8-15)4-5-12/h2-3,6,14-15H,4-5,7-8,13H2,1H3. The first-order chi connectivity index (χ1) is 7.15. The Morgan fingerprint density at radius 3 is 2.80 bits per heavy atom. The van der Waals surface area contributed by atoms with Crippen LogP contribution in [0.4, 0.5) is 11.4 Å². The SMILES string of the molecule is Cc1ccc(N)cc1NCC1(CO)CC1. The van der Waals surface area contributed by atoms with Gasteiger partial charge in [0.1, 0.15) is 0 Å². The molecular weight excluding hydrogens is 188 g/mol. The van der Waals surface area contributed by atoms with E-state index in [0.29, 0.717) is 0 Å². The summed E-state index contributed by atoms with van der Waals surface area (Å²) in [6, 6.07) is 5.86. The molecule has 1 saturated carbocycles. The molecule has 1 aromatic carbocycles. The van der Waals surface area contributed by atoms with Crippen LogP contribution >= 0.6 is 0 Å². The third kappa shape index (κ3) is 2.23. The first-order valence-corrected chi connectivity index (χ1v) is 5.36. The van der Waals surface area contributed by atoms with Crippen LogP contribution in [-0.2, 0) is 0 Å². The zero-order valence-corrected chi connectivity index (χ0v) is 9.09. The van der Waals surface area contributed by atoms with E-state index in [1.165, 1.54) is 5.56 Å². The molecule has 2 rings (SSSR count). The van der Waals surface area contributed by atoms with Crippen molar-refractivity contribution < 1.29 is 5.11 Å². The van der Waals surface area contributed by atoms with Crippen molar-refractivity contribution in [1.29, 1.82) is 0 Å². The molecule has 4 N–H and O–H groups in total. The summed E-state index contributed by atoms with van der Waals surface area (Å²) in [5.74, 6) is 0. The molecule has 1 aliphatic rings. The number of aryl methyl sites for hydroxylation is 1. The third-order valence-electron chi connectivity index (χ3n) is 3.21. The average Bonchev–Trinajstić information content (AvgIpc) is 3.00. The number of nitrogen functional groups attached to an aromatic ring is 1. The molecule has 0 unspecified atom stereocenters. The van der Waals surface area contributed by atoms with E-state index < -0.39 is 0 Å². The second-order valence-corrected chi connectivity index (χ2v) is 4.59. The summed E-state index contributed by atoms with van der Waals surface area (Å²) in [7, 11) is 0. The largest absolute Gasteiger partial charge is 0.399 e. The molecule has 1 fully saturated rings. The summed E-state index contributed by atoms with van der Waals surface area (Å²) >= 11 is 0. The Morgan fingerprint density at radius 1 is 1.47 bits per heavy atom. The van der Waals surface area contributed by atoms with Crippen LogP contribution in [0.25, 0.3) is 0 Å². The van der Waals surface area contributed by atoms with E-state index >= 15 is 0 Å². The van der Waals surface area contributed by atoms with Crippen LogP contribution < -0.4 is 11.1 Å². The van der Waals surface area contributed by atoms with Crippen LogP contribution in [0.1, 0.15) is 18.4 Å². The second-order valence-electron chi connectivity index (χ2n) is 4.59. The molecule has 0 aliphatic heterocycles. The van der Waals surface area contributed by atoms with Crippen molar-refractivity contribution in [2.24, 2.45) is 5.41 Å². The van der Waals surface area contributed by atoms with Crippen LogP contribution in [0.15, 0.2) is 18.2 Å². The lowest BCUT2D eigenvalue weighted by molar-refractivity contribution is 0.220. The van der Waals surface area contributed by atoms with Gasteiger partial charge in [-0.1, -0.05) is 6.07 Å². The van der Waals surface area contributed by atoms with Gasteiger partial charge >= 0.3 is 0 Å². The molecule has 3 nitrogen and oxygen atoms in total. The molecule has 0 atom stereocenters. The van der Waals surface area contributed by atoms with E-state index in [0.717, 1.165) is 30.8 Å². The molecule has 82 valence electrons. The topological polar surface area (TPSA) is 58.3 Å². The molecule has 0 saturated heterocycles. The van der Waals surface area contributed by atoms with Gasteiger partial charge in [0.05, 0.1) is 6.61 Å². The lowest BCUT2D eigenvalue weighted by Gasteiger charge is -2.15. The quantitative estimate of drug-likeness (QED) is 0.658. The monoisotopic (exact) mass is 206 g/mol. The Kier molecular flexibility index (Phi) is 2.57. The van der Waals surface area contributed by atoms with Gasteiger partial charge in [0, 0.05) is 23.3 Å². The highest BCUT2D eigenvalue weighted by molar-refractivity contribution is 5.59. The molecular formula is C12H18N2O. The van der Waals surface area contributed by atoms with E-state index in [-0.39, 0.29) is 12.0 Å². The van der Waals surface area contributed by atoms with Gasteiger partial charge in [0.2, 0.25) is 0 Å². The van der Waals surface area contributed by atoms with Gasteiger partial charge in [-0.2, -0.15) is 0 Å². The van der Waals surface area contributed by atoms with Crippen LogP contribution in [-0.4, -0.2) is 18.3 Å². The summed E-state index contributed by atoms with van der Waals surface area (Å²) in [6.07, 6.45) is 2.25. The zero-order chi connectivity index (χ0) is 10.9. The number of anilines is 2. The molecule has 0 bridgehead atoms. The van der Waals surface area contributed by atoms with E-state index in [4.69, 9.17) is 5.73 Å². The number of nitrogens with two attached hydrogens (primary N) is 1. The Morgan fingerprint density at radius 2 is 2.20 bits per heavy atom. The fraction of sp³-hybridized carbons (Fsp3) is 0.500. The van der Waals surface area contributed by atoms with E-state index in [1.807, 2.05) is 18.2 Å². The van der Waals surface area contributed by atoms with Crippen molar-refractivity contribution >= 4 is 11.4 Å². The van der Waals surface area contributed by atoms with Crippen LogP contribution in [0.3, 0.4) is 0 Å². The molecule has 1 aliphatic carbocycles. The predicted octanol–water partition coefficient (Wildman–Crippen LogP) is 1.76. The molecule has 0 radical (unpaired) electrons. The maximum atomic E-state index is 9.19. The van der Waals surface area contributed by atoms with Crippen molar-refractivity contribution in [2.75, 3.05) is 24.2 Å². The minimum atomic E-state index is 0.136. The summed E-state index contributed by atoms with van der Waals surface area (Å²) in [5, 5.41) is 12.6. The van der Waals surface area contributed by atoms with Gasteiger partial charge < -0.3 is 16.2 Å². The highest BCUT2D eigenvalue weighted by Crippen LogP contribution is 2.45. The van der Waals surface area contributed by atoms with Crippen LogP contribution in [0.5, 0.6) is 0 Å². The number of nitrogens with one attached hydrogen (secondary N) is 1. The number of aliphatic hydroxyl groups is 1. The lowest BCUT2D eigenvalue weighted by Crippen LogP contribution is -2.19. The van der Waals surface area contributed by atoms with E-state index in [2.05, 4.69) is 12.2 Å². The van der Waals surface area contributed by atoms with Gasteiger partial charge in [-0.05, 0) is 37.5 Å². The Labute approximate surface area is 90.3 Å². The van der Waals surface area contributed by atoms with Gasteiger partial charge in [0.25, 0.3) is 0 Å². The predicted molar refractivity (Wildman–Crippen MR) is 62.8 cm³/mol. The van der Waals surface area contributed by atoms with Crippen LogP contribution in [0.2, 0.25) is 0 Å². The number of hydrogen-bond acceptors (Lipinski definition) is 3. The lowest BCUT2D eigenvalue weighted by atomic mass is 10.1.